The average molecular weight is 949 g/mol. The molecule has 224 valence electrons. The molecule has 4 heterocycles. The molecule has 4 aromatic carbocycles. The Hall–Kier alpha value is -4.76. The standard InChI is InChI=1S/2C14H7O.C9H8N4.2Au/c2*1-2-10-7-8-14-12(9-10)11-5-3-4-6-13(11)15-14;1(8-2-10-6-11-3-8)9-4-12-7-13-5-9;;/h2*3-9H;2-7H,1H2;;/q2*-1;;2*+1. The Kier molecular flexibility index (Phi) is 11.6. The van der Waals surface area contributed by atoms with Gasteiger partial charge in [-0.1, -0.05) is 36.4 Å². The van der Waals surface area contributed by atoms with Gasteiger partial charge >= 0.3 is 44.8 Å². The molecule has 0 aliphatic carbocycles. The molecule has 6 nitrogen and oxygen atoms in total. The molecule has 8 aromatic rings. The maximum atomic E-state index is 7.10. The van der Waals surface area contributed by atoms with E-state index in [1.165, 1.54) is 12.7 Å². The Morgan fingerprint density at radius 3 is 1.27 bits per heavy atom. The number of aromatic nitrogens is 4. The fourth-order valence-electron chi connectivity index (χ4n) is 4.69. The van der Waals surface area contributed by atoms with E-state index in [9.17, 15) is 0 Å². The van der Waals surface area contributed by atoms with Gasteiger partial charge in [0.2, 0.25) is 0 Å². The molecule has 0 amide bonds. The number of furan rings is 2. The van der Waals surface area contributed by atoms with Crippen molar-refractivity contribution in [3.05, 3.63) is 157 Å². The molecular formula is C37H22Au2N4O2. The number of hydrogen-bond acceptors (Lipinski definition) is 6. The van der Waals surface area contributed by atoms with E-state index in [4.69, 9.17) is 21.7 Å². The van der Waals surface area contributed by atoms with Gasteiger partial charge in [-0.3, -0.25) is 11.8 Å². The molecule has 0 saturated carbocycles. The first kappa shape index (κ1) is 33.1. The maximum Gasteiger partial charge on any atom is 1.00 e. The number of benzene rings is 4. The molecular weight excluding hydrogens is 926 g/mol. The number of nitrogens with zero attached hydrogens (tertiary/aromatic N) is 4. The van der Waals surface area contributed by atoms with Crippen LogP contribution in [0.1, 0.15) is 22.3 Å². The van der Waals surface area contributed by atoms with Crippen molar-refractivity contribution >= 4 is 43.9 Å². The van der Waals surface area contributed by atoms with E-state index in [0.29, 0.717) is 0 Å². The van der Waals surface area contributed by atoms with Gasteiger partial charge in [0.25, 0.3) is 0 Å². The van der Waals surface area contributed by atoms with E-state index in [-0.39, 0.29) is 44.8 Å². The second-order valence-corrected chi connectivity index (χ2v) is 9.54. The van der Waals surface area contributed by atoms with Crippen molar-refractivity contribution < 1.29 is 53.6 Å². The van der Waals surface area contributed by atoms with E-state index in [0.717, 1.165) is 72.6 Å². The number of rotatable bonds is 2. The van der Waals surface area contributed by atoms with Gasteiger partial charge in [0, 0.05) is 52.8 Å². The second kappa shape index (κ2) is 15.8. The summed E-state index contributed by atoms with van der Waals surface area (Å²) in [6.07, 6.45) is 25.2. The molecule has 0 unspecified atom stereocenters. The van der Waals surface area contributed by atoms with Crippen molar-refractivity contribution in [2.45, 2.75) is 6.42 Å². The van der Waals surface area contributed by atoms with Crippen molar-refractivity contribution in [1.29, 1.82) is 0 Å². The Morgan fingerprint density at radius 1 is 0.489 bits per heavy atom. The van der Waals surface area contributed by atoms with Crippen LogP contribution in [0.2, 0.25) is 0 Å². The molecule has 4 aromatic heterocycles. The van der Waals surface area contributed by atoms with Gasteiger partial charge in [0.05, 0.1) is 0 Å². The van der Waals surface area contributed by atoms with Gasteiger partial charge in [0.1, 0.15) is 35.0 Å². The Morgan fingerprint density at radius 2 is 0.867 bits per heavy atom. The van der Waals surface area contributed by atoms with E-state index in [1.807, 2.05) is 84.9 Å². The summed E-state index contributed by atoms with van der Waals surface area (Å²) in [6.45, 7) is 0. The quantitative estimate of drug-likeness (QED) is 0.0998. The SMILES string of the molecule is [Au+].[Au+].[C-]#Cc1ccc2oc3ccccc3c2c1.[C-]#Cc1ccc2oc3ccccc3c2c1.c1ncc(Cc2cncnc2)cn1. The van der Waals surface area contributed by atoms with E-state index < -0.39 is 0 Å². The van der Waals surface area contributed by atoms with Crippen molar-refractivity contribution in [3.63, 3.8) is 0 Å². The molecule has 0 aliphatic heterocycles. The number of hydrogen-bond donors (Lipinski definition) is 0. The number of para-hydroxylation sites is 2. The Balaban J connectivity index is 0.000000151. The van der Waals surface area contributed by atoms with E-state index in [2.05, 4.69) is 31.8 Å². The summed E-state index contributed by atoms with van der Waals surface area (Å²) < 4.78 is 11.3. The van der Waals surface area contributed by atoms with Crippen molar-refractivity contribution in [2.24, 2.45) is 0 Å². The minimum Gasteiger partial charge on any atom is -0.456 e. The minimum atomic E-state index is 0. The zero-order valence-electron chi connectivity index (χ0n) is 23.5. The molecule has 0 N–H and O–H groups in total. The van der Waals surface area contributed by atoms with Crippen LogP contribution >= 0.6 is 0 Å². The van der Waals surface area contributed by atoms with Crippen molar-refractivity contribution in [1.82, 2.24) is 19.9 Å². The van der Waals surface area contributed by atoms with E-state index >= 15 is 0 Å². The first-order valence-corrected chi connectivity index (χ1v) is 13.4. The topological polar surface area (TPSA) is 77.8 Å². The predicted molar refractivity (Wildman–Crippen MR) is 167 cm³/mol. The third kappa shape index (κ3) is 7.85. The van der Waals surface area contributed by atoms with Crippen LogP contribution < -0.4 is 0 Å². The van der Waals surface area contributed by atoms with Crippen LogP contribution in [0.5, 0.6) is 0 Å². The molecule has 0 spiro atoms. The van der Waals surface area contributed by atoms with Gasteiger partial charge < -0.3 is 21.7 Å². The van der Waals surface area contributed by atoms with Crippen LogP contribution in [0.25, 0.3) is 43.9 Å². The number of fused-ring (bicyclic) bond motifs is 6. The fourth-order valence-corrected chi connectivity index (χ4v) is 4.69. The van der Waals surface area contributed by atoms with Gasteiger partial charge in [-0.05, 0) is 35.4 Å². The largest absolute Gasteiger partial charge is 1.00 e. The normalized spacial score (nSPS) is 9.91. The minimum absolute atomic E-state index is 0. The molecule has 0 radical (unpaired) electrons. The smallest absolute Gasteiger partial charge is 0.456 e. The van der Waals surface area contributed by atoms with Gasteiger partial charge in [0.15, 0.2) is 0 Å². The Bertz CT molecular complexity index is 2090. The van der Waals surface area contributed by atoms with Gasteiger partial charge in [-0.15, -0.1) is 35.4 Å². The van der Waals surface area contributed by atoms with Crippen LogP contribution in [0.4, 0.5) is 0 Å². The summed E-state index contributed by atoms with van der Waals surface area (Å²) in [4.78, 5) is 15.7. The first-order valence-electron chi connectivity index (χ1n) is 13.4. The maximum absolute atomic E-state index is 7.10. The molecule has 8 heteroatoms. The third-order valence-electron chi connectivity index (χ3n) is 6.68. The first-order chi connectivity index (χ1) is 21.2. The van der Waals surface area contributed by atoms with Crippen LogP contribution in [0, 0.1) is 24.7 Å². The second-order valence-electron chi connectivity index (χ2n) is 9.54. The summed E-state index contributed by atoms with van der Waals surface area (Å²) >= 11 is 0. The summed E-state index contributed by atoms with van der Waals surface area (Å²) in [5, 5.41) is 4.26. The molecule has 45 heavy (non-hydrogen) atoms. The molecule has 0 fully saturated rings. The van der Waals surface area contributed by atoms with Gasteiger partial charge in [-0.2, -0.15) is 0 Å². The van der Waals surface area contributed by atoms with Crippen molar-refractivity contribution in [3.8, 4) is 11.8 Å². The molecule has 0 aliphatic rings. The van der Waals surface area contributed by atoms with Crippen LogP contribution in [-0.4, -0.2) is 19.9 Å². The zero-order chi connectivity index (χ0) is 29.4. The molecule has 0 atom stereocenters. The van der Waals surface area contributed by atoms with Crippen LogP contribution in [0.3, 0.4) is 0 Å². The summed E-state index contributed by atoms with van der Waals surface area (Å²) in [5.41, 5.74) is 7.16. The van der Waals surface area contributed by atoms with Crippen LogP contribution in [-0.2, 0) is 51.2 Å². The van der Waals surface area contributed by atoms with E-state index in [1.54, 1.807) is 24.8 Å². The van der Waals surface area contributed by atoms with Gasteiger partial charge in [-0.25, -0.2) is 19.9 Å². The van der Waals surface area contributed by atoms with Crippen molar-refractivity contribution in [2.75, 3.05) is 0 Å². The summed E-state index contributed by atoms with van der Waals surface area (Å²) in [6, 6.07) is 27.1. The average Bonchev–Trinajstić information content (AvgIpc) is 3.64. The molecule has 0 saturated heterocycles. The summed E-state index contributed by atoms with van der Waals surface area (Å²) in [5.74, 6) is 4.76. The van der Waals surface area contributed by atoms with Crippen LogP contribution in [0.15, 0.2) is 131 Å². The molecule has 0 bridgehead atoms. The fraction of sp³-hybridized carbons (Fsp3) is 0.0270. The molecule has 8 rings (SSSR count). The monoisotopic (exact) mass is 948 g/mol. The Labute approximate surface area is 291 Å². The predicted octanol–water partition coefficient (Wildman–Crippen LogP) is 7.90. The third-order valence-corrected chi connectivity index (χ3v) is 6.68. The zero-order valence-corrected chi connectivity index (χ0v) is 27.8. The summed E-state index contributed by atoms with van der Waals surface area (Å²) in [7, 11) is 0.